The average Bonchev–Trinajstić information content (AvgIpc) is 2.46. The van der Waals surface area contributed by atoms with Gasteiger partial charge in [0.25, 0.3) is 0 Å². The van der Waals surface area contributed by atoms with Crippen LogP contribution in [0.3, 0.4) is 0 Å². The molecule has 0 radical (unpaired) electrons. The van der Waals surface area contributed by atoms with Crippen LogP contribution in [0.4, 0.5) is 0 Å². The number of amides is 1. The minimum absolute atomic E-state index is 0. The molecule has 0 saturated carbocycles. The summed E-state index contributed by atoms with van der Waals surface area (Å²) >= 11 is 0. The molecule has 16 heavy (non-hydrogen) atoms. The summed E-state index contributed by atoms with van der Waals surface area (Å²) < 4.78 is 0. The van der Waals surface area contributed by atoms with Gasteiger partial charge in [-0.15, -0.1) is 12.4 Å². The van der Waals surface area contributed by atoms with Crippen molar-refractivity contribution < 1.29 is 4.79 Å². The summed E-state index contributed by atoms with van der Waals surface area (Å²) in [6.45, 7) is 6.25. The van der Waals surface area contributed by atoms with Crippen LogP contribution in [0.25, 0.3) is 0 Å². The van der Waals surface area contributed by atoms with E-state index in [9.17, 15) is 4.79 Å². The molecule has 1 atom stereocenters. The first-order chi connectivity index (χ1) is 7.34. The Hall–Kier alpha value is -0.320. The van der Waals surface area contributed by atoms with Crippen LogP contribution in [-0.2, 0) is 4.79 Å². The van der Waals surface area contributed by atoms with E-state index in [1.807, 2.05) is 0 Å². The molecular formula is C11H22ClN3O. The summed E-state index contributed by atoms with van der Waals surface area (Å²) in [4.78, 5) is 13.6. The number of piperidine rings is 1. The molecule has 2 N–H and O–H groups in total. The molecule has 94 valence electrons. The van der Waals surface area contributed by atoms with E-state index in [-0.39, 0.29) is 18.3 Å². The Morgan fingerprint density at radius 3 is 2.94 bits per heavy atom. The third kappa shape index (κ3) is 4.28. The fraction of sp³-hybridized carbons (Fsp3) is 0.909. The minimum Gasteiger partial charge on any atom is -0.355 e. The van der Waals surface area contributed by atoms with Crippen LogP contribution in [0.2, 0.25) is 0 Å². The van der Waals surface area contributed by atoms with Gasteiger partial charge in [0.05, 0.1) is 0 Å². The lowest BCUT2D eigenvalue weighted by molar-refractivity contribution is -0.120. The van der Waals surface area contributed by atoms with Crippen LogP contribution in [0.15, 0.2) is 0 Å². The van der Waals surface area contributed by atoms with Gasteiger partial charge in [0.1, 0.15) is 0 Å². The molecule has 2 rings (SSSR count). The maximum Gasteiger partial charge on any atom is 0.221 e. The molecule has 2 fully saturated rings. The summed E-state index contributed by atoms with van der Waals surface area (Å²) in [7, 11) is 0. The van der Waals surface area contributed by atoms with Gasteiger partial charge < -0.3 is 15.5 Å². The van der Waals surface area contributed by atoms with Crippen molar-refractivity contribution in [2.24, 2.45) is 5.92 Å². The highest BCUT2D eigenvalue weighted by molar-refractivity contribution is 5.85. The van der Waals surface area contributed by atoms with Gasteiger partial charge in [-0.2, -0.15) is 0 Å². The predicted molar refractivity (Wildman–Crippen MR) is 66.9 cm³/mol. The monoisotopic (exact) mass is 247 g/mol. The fourth-order valence-electron chi connectivity index (χ4n) is 2.44. The third-order valence-electron chi connectivity index (χ3n) is 3.32. The van der Waals surface area contributed by atoms with Gasteiger partial charge in [-0.1, -0.05) is 0 Å². The second-order valence-corrected chi connectivity index (χ2v) is 4.61. The molecule has 2 saturated heterocycles. The number of nitrogens with one attached hydrogen (secondary N) is 2. The highest BCUT2D eigenvalue weighted by Gasteiger charge is 2.19. The van der Waals surface area contributed by atoms with Gasteiger partial charge in [0.15, 0.2) is 0 Å². The van der Waals surface area contributed by atoms with Crippen molar-refractivity contribution in [2.75, 3.05) is 39.3 Å². The number of hydrogen-bond acceptors (Lipinski definition) is 3. The first-order valence-corrected chi connectivity index (χ1v) is 6.04. The summed E-state index contributed by atoms with van der Waals surface area (Å²) in [5, 5.41) is 6.36. The van der Waals surface area contributed by atoms with Crippen LogP contribution in [0, 0.1) is 5.92 Å². The fourth-order valence-corrected chi connectivity index (χ4v) is 2.44. The number of carbonyl (C=O) groups is 1. The Morgan fingerprint density at radius 1 is 1.31 bits per heavy atom. The van der Waals surface area contributed by atoms with Crippen LogP contribution in [0.5, 0.6) is 0 Å². The lowest BCUT2D eigenvalue weighted by atomic mass is 9.99. The van der Waals surface area contributed by atoms with Crippen LogP contribution in [-0.4, -0.2) is 50.1 Å². The summed E-state index contributed by atoms with van der Waals surface area (Å²) in [5.74, 6) is 0.992. The van der Waals surface area contributed by atoms with Crippen molar-refractivity contribution in [1.29, 1.82) is 0 Å². The molecule has 1 unspecified atom stereocenters. The molecule has 1 amide bonds. The standard InChI is InChI=1S/C11H21N3O.ClH/c15-11-3-6-14(7-5-13-11)9-10-2-1-4-12-8-10;/h10,12H,1-9H2,(H,13,15);1H. The molecule has 5 heteroatoms. The summed E-state index contributed by atoms with van der Waals surface area (Å²) in [6, 6.07) is 0. The van der Waals surface area contributed by atoms with Gasteiger partial charge in [0.2, 0.25) is 5.91 Å². The average molecular weight is 248 g/mol. The van der Waals surface area contributed by atoms with Gasteiger partial charge in [-0.25, -0.2) is 0 Å². The van der Waals surface area contributed by atoms with E-state index in [4.69, 9.17) is 0 Å². The van der Waals surface area contributed by atoms with E-state index in [0.29, 0.717) is 6.42 Å². The van der Waals surface area contributed by atoms with Crippen molar-refractivity contribution in [2.45, 2.75) is 19.3 Å². The zero-order valence-corrected chi connectivity index (χ0v) is 10.5. The largest absolute Gasteiger partial charge is 0.355 e. The van der Waals surface area contributed by atoms with E-state index in [1.54, 1.807) is 0 Å². The van der Waals surface area contributed by atoms with Crippen molar-refractivity contribution in [1.82, 2.24) is 15.5 Å². The second kappa shape index (κ2) is 7.09. The van der Waals surface area contributed by atoms with Gasteiger partial charge in [-0.05, 0) is 31.8 Å². The normalized spacial score (nSPS) is 27.8. The van der Waals surface area contributed by atoms with Crippen LogP contribution < -0.4 is 10.6 Å². The molecule has 0 aromatic rings. The van der Waals surface area contributed by atoms with Gasteiger partial charge in [0, 0.05) is 32.6 Å². The minimum atomic E-state index is 0. The Kier molecular flexibility index (Phi) is 6.09. The SMILES string of the molecule is Cl.O=C1CCN(CC2CCCNC2)CCN1. The van der Waals surface area contributed by atoms with E-state index >= 15 is 0 Å². The van der Waals surface area contributed by atoms with E-state index in [1.165, 1.54) is 19.4 Å². The van der Waals surface area contributed by atoms with Crippen molar-refractivity contribution >= 4 is 18.3 Å². The van der Waals surface area contributed by atoms with Crippen molar-refractivity contribution in [3.05, 3.63) is 0 Å². The summed E-state index contributed by atoms with van der Waals surface area (Å²) in [6.07, 6.45) is 3.31. The molecule has 2 aliphatic rings. The number of hydrogen-bond donors (Lipinski definition) is 2. The van der Waals surface area contributed by atoms with Crippen molar-refractivity contribution in [3.63, 3.8) is 0 Å². The predicted octanol–water partition coefficient (Wildman–Crippen LogP) is 0.230. The van der Waals surface area contributed by atoms with E-state index in [2.05, 4.69) is 15.5 Å². The summed E-state index contributed by atoms with van der Waals surface area (Å²) in [5.41, 5.74) is 0. The molecule has 0 aliphatic carbocycles. The zero-order chi connectivity index (χ0) is 10.5. The van der Waals surface area contributed by atoms with Crippen molar-refractivity contribution in [3.8, 4) is 0 Å². The number of carbonyl (C=O) groups excluding carboxylic acids is 1. The van der Waals surface area contributed by atoms with Crippen LogP contribution >= 0.6 is 12.4 Å². The van der Waals surface area contributed by atoms with E-state index < -0.39 is 0 Å². The molecule has 0 spiro atoms. The first kappa shape index (κ1) is 13.7. The molecule has 2 aliphatic heterocycles. The topological polar surface area (TPSA) is 44.4 Å². The number of rotatable bonds is 2. The molecule has 0 bridgehead atoms. The smallest absolute Gasteiger partial charge is 0.221 e. The lowest BCUT2D eigenvalue weighted by Gasteiger charge is -2.28. The third-order valence-corrected chi connectivity index (χ3v) is 3.32. The Balaban J connectivity index is 0.00000128. The highest BCUT2D eigenvalue weighted by atomic mass is 35.5. The molecule has 0 aromatic carbocycles. The first-order valence-electron chi connectivity index (χ1n) is 6.04. The molecule has 4 nitrogen and oxygen atoms in total. The number of nitrogens with zero attached hydrogens (tertiary/aromatic N) is 1. The molecular weight excluding hydrogens is 226 g/mol. The zero-order valence-electron chi connectivity index (χ0n) is 9.71. The Labute approximate surface area is 104 Å². The maximum atomic E-state index is 11.2. The van der Waals surface area contributed by atoms with Gasteiger partial charge in [-0.3, -0.25) is 4.79 Å². The van der Waals surface area contributed by atoms with Gasteiger partial charge >= 0.3 is 0 Å². The molecule has 2 heterocycles. The number of halogens is 1. The molecule has 0 aromatic heterocycles. The Bertz CT molecular complexity index is 219. The van der Waals surface area contributed by atoms with E-state index in [0.717, 1.165) is 38.6 Å². The maximum absolute atomic E-state index is 11.2. The highest BCUT2D eigenvalue weighted by Crippen LogP contribution is 2.12. The second-order valence-electron chi connectivity index (χ2n) is 4.61. The lowest BCUT2D eigenvalue weighted by Crippen LogP contribution is -2.39. The Morgan fingerprint density at radius 2 is 2.19 bits per heavy atom. The van der Waals surface area contributed by atoms with Crippen LogP contribution in [0.1, 0.15) is 19.3 Å². The quantitative estimate of drug-likeness (QED) is 0.734.